The summed E-state index contributed by atoms with van der Waals surface area (Å²) in [7, 11) is 0. The van der Waals surface area contributed by atoms with Gasteiger partial charge in [0.15, 0.2) is 5.60 Å². The lowest BCUT2D eigenvalue weighted by Gasteiger charge is -2.39. The van der Waals surface area contributed by atoms with E-state index in [0.717, 1.165) is 0 Å². The van der Waals surface area contributed by atoms with Gasteiger partial charge in [-0.15, -0.1) is 0 Å². The fraction of sp³-hybridized carbons (Fsp3) is 0.818. The van der Waals surface area contributed by atoms with Crippen LogP contribution in [0.15, 0.2) is 0 Å². The molecule has 1 heterocycles. The van der Waals surface area contributed by atoms with E-state index >= 15 is 0 Å². The van der Waals surface area contributed by atoms with E-state index in [1.807, 2.05) is 0 Å². The molecule has 0 radical (unpaired) electrons. The first kappa shape index (κ1) is 14.1. The number of hydrogen-bond donors (Lipinski definition) is 2. The average Bonchev–Trinajstić information content (AvgIpc) is 3.07. The number of carbonyl (C=O) groups excluding carboxylic acids is 1. The van der Waals surface area contributed by atoms with Crippen molar-refractivity contribution >= 4 is 11.9 Å². The fourth-order valence-corrected chi connectivity index (χ4v) is 2.36. The quantitative estimate of drug-likeness (QED) is 0.778. The number of alkyl halides is 3. The molecule has 0 aromatic heterocycles. The minimum Gasteiger partial charge on any atom is -0.481 e. The van der Waals surface area contributed by atoms with Crippen molar-refractivity contribution in [3.63, 3.8) is 0 Å². The summed E-state index contributed by atoms with van der Waals surface area (Å²) in [5, 5.41) is 18.1. The van der Waals surface area contributed by atoms with E-state index in [2.05, 4.69) is 0 Å². The number of hydrogen-bond acceptors (Lipinski definition) is 3. The lowest BCUT2D eigenvalue weighted by atomic mass is 9.90. The number of carbonyl (C=O) groups is 2. The van der Waals surface area contributed by atoms with E-state index < -0.39 is 48.3 Å². The Bertz CT molecular complexity index is 401. The Morgan fingerprint density at radius 2 is 1.68 bits per heavy atom. The fourth-order valence-electron chi connectivity index (χ4n) is 2.36. The van der Waals surface area contributed by atoms with Crippen molar-refractivity contribution in [1.82, 2.24) is 4.90 Å². The summed E-state index contributed by atoms with van der Waals surface area (Å²) in [6.45, 7) is -0.393. The molecule has 2 unspecified atom stereocenters. The number of nitrogens with zero attached hydrogens (tertiary/aromatic N) is 1. The smallest absolute Gasteiger partial charge is 0.417 e. The molecule has 8 heteroatoms. The largest absolute Gasteiger partial charge is 0.481 e. The van der Waals surface area contributed by atoms with Gasteiger partial charge in [-0.2, -0.15) is 13.2 Å². The third kappa shape index (κ3) is 2.54. The van der Waals surface area contributed by atoms with Gasteiger partial charge in [0.25, 0.3) is 0 Å². The molecule has 1 aliphatic carbocycles. The van der Waals surface area contributed by atoms with Crippen LogP contribution >= 0.6 is 0 Å². The van der Waals surface area contributed by atoms with Crippen LogP contribution in [0.3, 0.4) is 0 Å². The Morgan fingerprint density at radius 1 is 1.16 bits per heavy atom. The molecule has 2 fully saturated rings. The van der Waals surface area contributed by atoms with E-state index in [1.54, 1.807) is 0 Å². The zero-order valence-corrected chi connectivity index (χ0v) is 9.98. The van der Waals surface area contributed by atoms with Crippen molar-refractivity contribution in [2.75, 3.05) is 13.1 Å². The molecule has 0 spiro atoms. The predicted octanol–water partition coefficient (Wildman–Crippen LogP) is 0.623. The van der Waals surface area contributed by atoms with Crippen LogP contribution in [0.2, 0.25) is 0 Å². The summed E-state index contributed by atoms with van der Waals surface area (Å²) in [4.78, 5) is 23.7. The zero-order valence-electron chi connectivity index (χ0n) is 9.98. The molecule has 19 heavy (non-hydrogen) atoms. The van der Waals surface area contributed by atoms with Crippen LogP contribution in [-0.2, 0) is 9.59 Å². The third-order valence-corrected chi connectivity index (χ3v) is 3.85. The van der Waals surface area contributed by atoms with Gasteiger partial charge in [-0.05, 0) is 6.42 Å². The van der Waals surface area contributed by atoms with Gasteiger partial charge in [0.2, 0.25) is 5.91 Å². The van der Waals surface area contributed by atoms with Crippen LogP contribution in [0.5, 0.6) is 0 Å². The highest BCUT2D eigenvalue weighted by atomic mass is 19.4. The number of rotatable bonds is 2. The van der Waals surface area contributed by atoms with E-state index in [-0.39, 0.29) is 19.5 Å². The van der Waals surface area contributed by atoms with Gasteiger partial charge in [0.1, 0.15) is 0 Å². The van der Waals surface area contributed by atoms with Gasteiger partial charge >= 0.3 is 12.1 Å². The predicted molar refractivity (Wildman–Crippen MR) is 56.1 cm³/mol. The van der Waals surface area contributed by atoms with Crippen LogP contribution in [0.25, 0.3) is 0 Å². The summed E-state index contributed by atoms with van der Waals surface area (Å²) < 4.78 is 37.7. The van der Waals surface area contributed by atoms with Crippen molar-refractivity contribution in [3.8, 4) is 0 Å². The summed E-state index contributed by atoms with van der Waals surface area (Å²) >= 11 is 0. The standard InChI is InChI=1S/C11H14F3NO4/c12-11(13,14)10(19)1-3-15(4-2-10)8(16)6-5-7(6)9(17)18/h6-7,19H,1-5H2,(H,17,18). The number of carboxylic acid groups (broad SMARTS) is 1. The Morgan fingerprint density at radius 3 is 2.05 bits per heavy atom. The minimum atomic E-state index is -4.70. The monoisotopic (exact) mass is 281 g/mol. The molecule has 2 rings (SSSR count). The van der Waals surface area contributed by atoms with E-state index in [0.29, 0.717) is 0 Å². The maximum Gasteiger partial charge on any atom is 0.417 e. The molecule has 5 nitrogen and oxygen atoms in total. The molecule has 1 amide bonds. The van der Waals surface area contributed by atoms with Gasteiger partial charge in [0, 0.05) is 25.9 Å². The number of likely N-dealkylation sites (tertiary alicyclic amines) is 1. The van der Waals surface area contributed by atoms with Crippen molar-refractivity contribution in [2.45, 2.75) is 31.0 Å². The van der Waals surface area contributed by atoms with Gasteiger partial charge in [-0.1, -0.05) is 0 Å². The maximum absolute atomic E-state index is 12.6. The number of piperidine rings is 1. The highest BCUT2D eigenvalue weighted by Gasteiger charge is 2.56. The normalized spacial score (nSPS) is 30.0. The second-order valence-corrected chi connectivity index (χ2v) is 5.14. The Kier molecular flexibility index (Phi) is 3.24. The van der Waals surface area contributed by atoms with Crippen LogP contribution in [-0.4, -0.2) is 51.9 Å². The van der Waals surface area contributed by atoms with Crippen LogP contribution in [0, 0.1) is 11.8 Å². The Hall–Kier alpha value is -1.31. The molecule has 1 saturated carbocycles. The Balaban J connectivity index is 1.91. The molecule has 0 bridgehead atoms. The molecule has 0 aromatic carbocycles. The van der Waals surface area contributed by atoms with Crippen molar-refractivity contribution in [3.05, 3.63) is 0 Å². The molecular weight excluding hydrogens is 267 g/mol. The molecule has 1 saturated heterocycles. The molecule has 2 N–H and O–H groups in total. The molecule has 2 atom stereocenters. The third-order valence-electron chi connectivity index (χ3n) is 3.85. The van der Waals surface area contributed by atoms with Gasteiger partial charge in [-0.3, -0.25) is 9.59 Å². The number of aliphatic carboxylic acids is 1. The minimum absolute atomic E-state index is 0.197. The first-order valence-electron chi connectivity index (χ1n) is 5.96. The lowest BCUT2D eigenvalue weighted by Crippen LogP contribution is -2.54. The molecule has 0 aromatic rings. The highest BCUT2D eigenvalue weighted by molar-refractivity contribution is 5.89. The van der Waals surface area contributed by atoms with Gasteiger partial charge < -0.3 is 15.1 Å². The second-order valence-electron chi connectivity index (χ2n) is 5.14. The van der Waals surface area contributed by atoms with E-state index in [1.165, 1.54) is 4.90 Å². The van der Waals surface area contributed by atoms with E-state index in [9.17, 15) is 27.9 Å². The summed E-state index contributed by atoms with van der Waals surface area (Å²) in [5.74, 6) is -2.80. The maximum atomic E-state index is 12.6. The molecule has 108 valence electrons. The number of amides is 1. The summed E-state index contributed by atoms with van der Waals surface area (Å²) in [6.07, 6.45) is -5.58. The first-order valence-corrected chi connectivity index (χ1v) is 5.96. The SMILES string of the molecule is O=C(O)C1CC1C(=O)N1CCC(O)(C(F)(F)F)CC1. The highest BCUT2D eigenvalue weighted by Crippen LogP contribution is 2.42. The van der Waals surface area contributed by atoms with Crippen molar-refractivity contribution in [1.29, 1.82) is 0 Å². The zero-order chi connectivity index (χ0) is 14.4. The topological polar surface area (TPSA) is 77.8 Å². The number of carboxylic acids is 1. The number of halogens is 3. The van der Waals surface area contributed by atoms with Crippen LogP contribution in [0.4, 0.5) is 13.2 Å². The summed E-state index contributed by atoms with van der Waals surface area (Å²) in [6, 6.07) is 0. The Labute approximate surface area is 107 Å². The van der Waals surface area contributed by atoms with Crippen molar-refractivity contribution < 1.29 is 33.0 Å². The van der Waals surface area contributed by atoms with Gasteiger partial charge in [-0.25, -0.2) is 0 Å². The van der Waals surface area contributed by atoms with Crippen LogP contribution < -0.4 is 0 Å². The van der Waals surface area contributed by atoms with E-state index in [4.69, 9.17) is 5.11 Å². The first-order chi connectivity index (χ1) is 8.66. The van der Waals surface area contributed by atoms with Gasteiger partial charge in [0.05, 0.1) is 11.8 Å². The molecule has 2 aliphatic rings. The van der Waals surface area contributed by atoms with Crippen molar-refractivity contribution in [2.24, 2.45) is 11.8 Å². The molecule has 1 aliphatic heterocycles. The molecular formula is C11H14F3NO4. The van der Waals surface area contributed by atoms with Crippen LogP contribution in [0.1, 0.15) is 19.3 Å². The lowest BCUT2D eigenvalue weighted by molar-refractivity contribution is -0.272. The number of aliphatic hydroxyl groups is 1. The second kappa shape index (κ2) is 4.36. The summed E-state index contributed by atoms with van der Waals surface area (Å²) in [5.41, 5.74) is -2.74. The average molecular weight is 281 g/mol.